The molecule has 0 radical (unpaired) electrons. The SMILES string of the molecule is CC(C)n1ccnc(NCCS(=O)(=O)N(C)C)c1=O. The molecule has 0 unspecified atom stereocenters. The van der Waals surface area contributed by atoms with E-state index in [1.54, 1.807) is 6.20 Å². The Morgan fingerprint density at radius 1 is 1.42 bits per heavy atom. The number of nitrogens with zero attached hydrogens (tertiary/aromatic N) is 3. The van der Waals surface area contributed by atoms with E-state index < -0.39 is 10.0 Å². The van der Waals surface area contributed by atoms with Crippen LogP contribution in [0.15, 0.2) is 17.2 Å². The zero-order valence-corrected chi connectivity index (χ0v) is 12.4. The molecule has 0 bridgehead atoms. The monoisotopic (exact) mass is 288 g/mol. The molecule has 0 saturated carbocycles. The molecule has 0 fully saturated rings. The lowest BCUT2D eigenvalue weighted by Gasteiger charge is -2.13. The zero-order chi connectivity index (χ0) is 14.6. The minimum absolute atomic E-state index is 0.0292. The van der Waals surface area contributed by atoms with Crippen molar-refractivity contribution in [1.82, 2.24) is 13.9 Å². The van der Waals surface area contributed by atoms with Gasteiger partial charge in [0.25, 0.3) is 5.56 Å². The maximum atomic E-state index is 12.0. The van der Waals surface area contributed by atoms with E-state index in [-0.39, 0.29) is 29.7 Å². The molecule has 0 atom stereocenters. The molecule has 8 heteroatoms. The third kappa shape index (κ3) is 4.03. The van der Waals surface area contributed by atoms with Gasteiger partial charge in [-0.3, -0.25) is 4.79 Å². The van der Waals surface area contributed by atoms with Gasteiger partial charge in [0.2, 0.25) is 10.0 Å². The Morgan fingerprint density at radius 3 is 2.58 bits per heavy atom. The van der Waals surface area contributed by atoms with E-state index in [1.807, 2.05) is 13.8 Å². The Morgan fingerprint density at radius 2 is 2.05 bits per heavy atom. The van der Waals surface area contributed by atoms with Crippen molar-refractivity contribution in [2.45, 2.75) is 19.9 Å². The Bertz CT molecular complexity index is 578. The van der Waals surface area contributed by atoms with Crippen LogP contribution < -0.4 is 10.9 Å². The molecule has 0 saturated heterocycles. The van der Waals surface area contributed by atoms with E-state index >= 15 is 0 Å². The Kier molecular flexibility index (Phi) is 5.07. The minimum Gasteiger partial charge on any atom is -0.364 e. The minimum atomic E-state index is -3.27. The van der Waals surface area contributed by atoms with Crippen molar-refractivity contribution in [2.75, 3.05) is 31.7 Å². The largest absolute Gasteiger partial charge is 0.364 e. The van der Waals surface area contributed by atoms with E-state index in [2.05, 4.69) is 10.3 Å². The molecule has 0 spiro atoms. The van der Waals surface area contributed by atoms with Crippen LogP contribution in [-0.2, 0) is 10.0 Å². The van der Waals surface area contributed by atoms with Crippen LogP contribution >= 0.6 is 0 Å². The van der Waals surface area contributed by atoms with Crippen LogP contribution in [0.1, 0.15) is 19.9 Å². The number of hydrogen-bond donors (Lipinski definition) is 1. The van der Waals surface area contributed by atoms with Crippen LogP contribution in [0.3, 0.4) is 0 Å². The normalized spacial score (nSPS) is 12.1. The topological polar surface area (TPSA) is 84.3 Å². The van der Waals surface area contributed by atoms with E-state index in [1.165, 1.54) is 24.9 Å². The first-order valence-electron chi connectivity index (χ1n) is 5.97. The molecular formula is C11H20N4O3S. The van der Waals surface area contributed by atoms with Crippen molar-refractivity contribution in [2.24, 2.45) is 0 Å². The smallest absolute Gasteiger partial charge is 0.293 e. The zero-order valence-electron chi connectivity index (χ0n) is 11.6. The highest BCUT2D eigenvalue weighted by molar-refractivity contribution is 7.89. The lowest BCUT2D eigenvalue weighted by molar-refractivity contribution is 0.521. The van der Waals surface area contributed by atoms with Gasteiger partial charge in [0.1, 0.15) is 0 Å². The molecule has 0 aliphatic rings. The highest BCUT2D eigenvalue weighted by Crippen LogP contribution is 2.01. The van der Waals surface area contributed by atoms with Crippen molar-refractivity contribution in [3.8, 4) is 0 Å². The molecule has 7 nitrogen and oxygen atoms in total. The van der Waals surface area contributed by atoms with Gasteiger partial charge in [0.05, 0.1) is 5.75 Å². The lowest BCUT2D eigenvalue weighted by atomic mass is 10.4. The maximum absolute atomic E-state index is 12.0. The van der Waals surface area contributed by atoms with Crippen molar-refractivity contribution in [3.05, 3.63) is 22.7 Å². The second-order valence-corrected chi connectivity index (χ2v) is 6.91. The second-order valence-electron chi connectivity index (χ2n) is 4.61. The van der Waals surface area contributed by atoms with E-state index in [4.69, 9.17) is 0 Å². The number of anilines is 1. The number of hydrogen-bond acceptors (Lipinski definition) is 5. The van der Waals surface area contributed by atoms with Crippen LogP contribution in [0, 0.1) is 0 Å². The van der Waals surface area contributed by atoms with Gasteiger partial charge >= 0.3 is 0 Å². The second kappa shape index (κ2) is 6.16. The van der Waals surface area contributed by atoms with Gasteiger partial charge in [-0.15, -0.1) is 0 Å². The number of nitrogens with one attached hydrogen (secondary N) is 1. The molecule has 1 heterocycles. The van der Waals surface area contributed by atoms with Gasteiger partial charge in [0.15, 0.2) is 5.82 Å². The summed E-state index contributed by atoms with van der Waals surface area (Å²) < 4.78 is 25.8. The summed E-state index contributed by atoms with van der Waals surface area (Å²) in [5, 5.41) is 2.77. The molecule has 19 heavy (non-hydrogen) atoms. The summed E-state index contributed by atoms with van der Waals surface area (Å²) in [6, 6.07) is 0.0292. The standard InChI is InChI=1S/C11H20N4O3S/c1-9(2)15-7-5-12-10(11(15)16)13-6-8-19(17,18)14(3)4/h5,7,9H,6,8H2,1-4H3,(H,12,13). The van der Waals surface area contributed by atoms with Crippen molar-refractivity contribution >= 4 is 15.8 Å². The molecule has 1 aromatic rings. The predicted molar refractivity (Wildman–Crippen MR) is 74.8 cm³/mol. The third-order valence-corrected chi connectivity index (χ3v) is 4.47. The molecule has 0 aliphatic carbocycles. The summed E-state index contributed by atoms with van der Waals surface area (Å²) in [7, 11) is -0.325. The fourth-order valence-corrected chi connectivity index (χ4v) is 2.16. The first-order valence-corrected chi connectivity index (χ1v) is 7.58. The molecule has 0 aromatic carbocycles. The Balaban J connectivity index is 2.75. The Labute approximate surface area is 113 Å². The molecule has 108 valence electrons. The van der Waals surface area contributed by atoms with Crippen LogP contribution in [-0.4, -0.2) is 48.7 Å². The number of rotatable bonds is 6. The summed E-state index contributed by atoms with van der Waals surface area (Å²) in [6.45, 7) is 3.92. The fraction of sp³-hybridized carbons (Fsp3) is 0.636. The molecule has 1 rings (SSSR count). The van der Waals surface area contributed by atoms with Gasteiger partial charge < -0.3 is 9.88 Å². The summed E-state index contributed by atoms with van der Waals surface area (Å²) in [6.07, 6.45) is 3.12. The van der Waals surface area contributed by atoms with Crippen molar-refractivity contribution < 1.29 is 8.42 Å². The highest BCUT2D eigenvalue weighted by Gasteiger charge is 2.13. The molecule has 1 aromatic heterocycles. The average Bonchev–Trinajstić information content (AvgIpc) is 2.30. The maximum Gasteiger partial charge on any atom is 0.293 e. The van der Waals surface area contributed by atoms with Gasteiger partial charge in [-0.05, 0) is 13.8 Å². The first-order chi connectivity index (χ1) is 8.75. The molecule has 1 N–H and O–H groups in total. The summed E-state index contributed by atoms with van der Waals surface area (Å²) in [5.41, 5.74) is -0.250. The van der Waals surface area contributed by atoms with Gasteiger partial charge in [0, 0.05) is 39.1 Å². The van der Waals surface area contributed by atoms with Crippen LogP contribution in [0.2, 0.25) is 0 Å². The number of sulfonamides is 1. The van der Waals surface area contributed by atoms with Gasteiger partial charge in [-0.1, -0.05) is 0 Å². The Hall–Kier alpha value is -1.41. The molecule has 0 amide bonds. The highest BCUT2D eigenvalue weighted by atomic mass is 32.2. The van der Waals surface area contributed by atoms with E-state index in [0.717, 1.165) is 4.31 Å². The van der Waals surface area contributed by atoms with E-state index in [0.29, 0.717) is 0 Å². The van der Waals surface area contributed by atoms with Crippen molar-refractivity contribution in [1.29, 1.82) is 0 Å². The average molecular weight is 288 g/mol. The van der Waals surface area contributed by atoms with Crippen LogP contribution in [0.25, 0.3) is 0 Å². The predicted octanol–water partition coefficient (Wildman–Crippen LogP) is 0.128. The third-order valence-electron chi connectivity index (χ3n) is 2.63. The molecular weight excluding hydrogens is 268 g/mol. The number of aromatic nitrogens is 2. The van der Waals surface area contributed by atoms with Crippen LogP contribution in [0.5, 0.6) is 0 Å². The van der Waals surface area contributed by atoms with E-state index in [9.17, 15) is 13.2 Å². The van der Waals surface area contributed by atoms with Crippen LogP contribution in [0.4, 0.5) is 5.82 Å². The summed E-state index contributed by atoms with van der Waals surface area (Å²) >= 11 is 0. The fourth-order valence-electron chi connectivity index (χ4n) is 1.43. The summed E-state index contributed by atoms with van der Waals surface area (Å²) in [4.78, 5) is 15.9. The molecule has 0 aliphatic heterocycles. The quantitative estimate of drug-likeness (QED) is 0.804. The van der Waals surface area contributed by atoms with Gasteiger partial charge in [-0.25, -0.2) is 17.7 Å². The van der Waals surface area contributed by atoms with Gasteiger partial charge in [-0.2, -0.15) is 0 Å². The lowest BCUT2D eigenvalue weighted by Crippen LogP contribution is -2.31. The van der Waals surface area contributed by atoms with Crippen molar-refractivity contribution in [3.63, 3.8) is 0 Å². The first kappa shape index (κ1) is 15.6. The summed E-state index contributed by atoms with van der Waals surface area (Å²) in [5.74, 6) is 0.0858.